The molecule has 2 aromatic rings. The van der Waals surface area contributed by atoms with Gasteiger partial charge >= 0.3 is 5.97 Å². The second-order valence-electron chi connectivity index (χ2n) is 5.15. The minimum atomic E-state index is -0.954. The number of nitrogens with zero attached hydrogens (tertiary/aromatic N) is 5. The summed E-state index contributed by atoms with van der Waals surface area (Å²) in [7, 11) is 0. The molecule has 0 aliphatic carbocycles. The van der Waals surface area contributed by atoms with Crippen LogP contribution in [0.2, 0.25) is 0 Å². The van der Waals surface area contributed by atoms with E-state index in [2.05, 4.69) is 15.5 Å². The van der Waals surface area contributed by atoms with Crippen LogP contribution in [-0.2, 0) is 4.79 Å². The van der Waals surface area contributed by atoms with E-state index in [1.165, 1.54) is 15.9 Å². The zero-order chi connectivity index (χ0) is 15.5. The minimum Gasteiger partial charge on any atom is -0.480 e. The first kappa shape index (κ1) is 14.2. The molecule has 0 radical (unpaired) electrons. The lowest BCUT2D eigenvalue weighted by Crippen LogP contribution is -2.48. The number of benzene rings is 1. The van der Waals surface area contributed by atoms with Crippen LogP contribution < -0.4 is 0 Å². The second-order valence-corrected chi connectivity index (χ2v) is 5.15. The predicted molar refractivity (Wildman–Crippen MR) is 75.5 cm³/mol. The van der Waals surface area contributed by atoms with E-state index in [0.29, 0.717) is 24.2 Å². The van der Waals surface area contributed by atoms with Crippen molar-refractivity contribution in [3.05, 3.63) is 36.2 Å². The molecule has 8 nitrogen and oxygen atoms in total. The van der Waals surface area contributed by atoms with Crippen LogP contribution in [0.3, 0.4) is 0 Å². The van der Waals surface area contributed by atoms with Gasteiger partial charge in [0.1, 0.15) is 12.4 Å². The van der Waals surface area contributed by atoms with Crippen LogP contribution in [0.15, 0.2) is 30.6 Å². The molecular formula is C14H15N5O3. The number of aliphatic carboxylic acids is 1. The molecule has 1 atom stereocenters. The highest BCUT2D eigenvalue weighted by molar-refractivity contribution is 5.97. The first-order chi connectivity index (χ1) is 10.7. The Morgan fingerprint density at radius 1 is 1.27 bits per heavy atom. The quantitative estimate of drug-likeness (QED) is 0.897. The van der Waals surface area contributed by atoms with Gasteiger partial charge in [0.15, 0.2) is 0 Å². The van der Waals surface area contributed by atoms with Crippen LogP contribution in [0.4, 0.5) is 0 Å². The third-order valence-electron chi connectivity index (χ3n) is 3.76. The normalized spacial score (nSPS) is 18.2. The molecule has 1 aromatic carbocycles. The summed E-state index contributed by atoms with van der Waals surface area (Å²) >= 11 is 0. The number of hydrogen-bond donors (Lipinski definition) is 1. The van der Waals surface area contributed by atoms with Gasteiger partial charge in [-0.25, -0.2) is 9.48 Å². The van der Waals surface area contributed by atoms with Gasteiger partial charge in [-0.2, -0.15) is 0 Å². The Balaban J connectivity index is 1.88. The molecular weight excluding hydrogens is 286 g/mol. The molecule has 1 amide bonds. The van der Waals surface area contributed by atoms with E-state index in [1.54, 1.807) is 24.3 Å². The van der Waals surface area contributed by atoms with Crippen LogP contribution in [-0.4, -0.2) is 54.7 Å². The Labute approximate surface area is 126 Å². The third-order valence-corrected chi connectivity index (χ3v) is 3.76. The van der Waals surface area contributed by atoms with Crippen molar-refractivity contribution in [1.82, 2.24) is 25.1 Å². The number of hydrogen-bond acceptors (Lipinski definition) is 5. The Morgan fingerprint density at radius 3 is 2.86 bits per heavy atom. The SMILES string of the molecule is O=C(O)[C@@H]1CCCCN1C(=O)c1cccc(-n2cnnn2)c1. The van der Waals surface area contributed by atoms with Gasteiger partial charge < -0.3 is 10.0 Å². The largest absolute Gasteiger partial charge is 0.480 e. The molecule has 8 heteroatoms. The van der Waals surface area contributed by atoms with Crippen molar-refractivity contribution in [2.24, 2.45) is 0 Å². The summed E-state index contributed by atoms with van der Waals surface area (Å²) < 4.78 is 1.45. The highest BCUT2D eigenvalue weighted by Gasteiger charge is 2.32. The van der Waals surface area contributed by atoms with E-state index in [9.17, 15) is 14.7 Å². The first-order valence-electron chi connectivity index (χ1n) is 7.04. The number of carboxylic acid groups (broad SMARTS) is 1. The molecule has 0 bridgehead atoms. The maximum Gasteiger partial charge on any atom is 0.326 e. The van der Waals surface area contributed by atoms with Gasteiger partial charge in [0.25, 0.3) is 5.91 Å². The molecule has 1 N–H and O–H groups in total. The number of tetrazole rings is 1. The zero-order valence-corrected chi connectivity index (χ0v) is 11.8. The Bertz CT molecular complexity index is 686. The number of likely N-dealkylation sites (tertiary alicyclic amines) is 1. The fourth-order valence-corrected chi connectivity index (χ4v) is 2.66. The highest BCUT2D eigenvalue weighted by atomic mass is 16.4. The molecule has 3 rings (SSSR count). The summed E-state index contributed by atoms with van der Waals surface area (Å²) in [5, 5.41) is 20.2. The van der Waals surface area contributed by atoms with E-state index in [-0.39, 0.29) is 5.91 Å². The maximum atomic E-state index is 12.6. The fourth-order valence-electron chi connectivity index (χ4n) is 2.66. The van der Waals surface area contributed by atoms with Gasteiger partial charge in [-0.05, 0) is 47.9 Å². The van der Waals surface area contributed by atoms with Crippen molar-refractivity contribution in [3.8, 4) is 5.69 Å². The zero-order valence-electron chi connectivity index (χ0n) is 11.8. The second kappa shape index (κ2) is 5.92. The van der Waals surface area contributed by atoms with Crippen molar-refractivity contribution in [2.45, 2.75) is 25.3 Å². The average Bonchev–Trinajstić information content (AvgIpc) is 3.09. The molecule has 2 heterocycles. The molecule has 1 aliphatic rings. The minimum absolute atomic E-state index is 0.276. The van der Waals surface area contributed by atoms with Crippen LogP contribution >= 0.6 is 0 Å². The van der Waals surface area contributed by atoms with Gasteiger partial charge in [0, 0.05) is 12.1 Å². The summed E-state index contributed by atoms with van der Waals surface area (Å²) in [5.74, 6) is -1.23. The third kappa shape index (κ3) is 2.67. The maximum absolute atomic E-state index is 12.6. The molecule has 1 fully saturated rings. The Kier molecular flexibility index (Phi) is 3.82. The summed E-state index contributed by atoms with van der Waals surface area (Å²) in [6.45, 7) is 0.463. The summed E-state index contributed by atoms with van der Waals surface area (Å²) in [5.41, 5.74) is 1.08. The molecule has 114 valence electrons. The van der Waals surface area contributed by atoms with Crippen LogP contribution in [0.25, 0.3) is 5.69 Å². The number of carbonyl (C=O) groups is 2. The number of carboxylic acids is 1. The molecule has 1 saturated heterocycles. The standard InChI is InChI=1S/C14H15N5O3/c20-13(18-7-2-1-6-12(18)14(21)22)10-4-3-5-11(8-10)19-9-15-16-17-19/h3-5,8-9,12H,1-2,6-7H2,(H,21,22)/t12-/m0/s1. The van der Waals surface area contributed by atoms with Crippen LogP contribution in [0.5, 0.6) is 0 Å². The Hall–Kier alpha value is -2.77. The summed E-state index contributed by atoms with van der Waals surface area (Å²) in [4.78, 5) is 25.4. The monoisotopic (exact) mass is 301 g/mol. The molecule has 22 heavy (non-hydrogen) atoms. The number of piperidine rings is 1. The van der Waals surface area contributed by atoms with Crippen LogP contribution in [0, 0.1) is 0 Å². The number of amides is 1. The number of carbonyl (C=O) groups excluding carboxylic acids is 1. The van der Waals surface area contributed by atoms with Gasteiger partial charge in [0.05, 0.1) is 5.69 Å². The predicted octanol–water partition coefficient (Wildman–Crippen LogP) is 0.742. The number of rotatable bonds is 3. The molecule has 0 spiro atoms. The first-order valence-corrected chi connectivity index (χ1v) is 7.04. The van der Waals surface area contributed by atoms with Crippen molar-refractivity contribution < 1.29 is 14.7 Å². The van der Waals surface area contributed by atoms with Gasteiger partial charge in [-0.3, -0.25) is 4.79 Å². The van der Waals surface area contributed by atoms with E-state index in [0.717, 1.165) is 12.8 Å². The van der Waals surface area contributed by atoms with E-state index >= 15 is 0 Å². The molecule has 1 aromatic heterocycles. The van der Waals surface area contributed by atoms with Crippen molar-refractivity contribution in [2.75, 3.05) is 6.54 Å². The smallest absolute Gasteiger partial charge is 0.326 e. The Morgan fingerprint density at radius 2 is 2.14 bits per heavy atom. The molecule has 0 unspecified atom stereocenters. The van der Waals surface area contributed by atoms with E-state index in [4.69, 9.17) is 0 Å². The molecule has 1 aliphatic heterocycles. The number of aromatic nitrogens is 4. The lowest BCUT2D eigenvalue weighted by Gasteiger charge is -2.33. The fraction of sp³-hybridized carbons (Fsp3) is 0.357. The lowest BCUT2D eigenvalue weighted by molar-refractivity contribution is -0.143. The van der Waals surface area contributed by atoms with E-state index in [1.807, 2.05) is 0 Å². The van der Waals surface area contributed by atoms with Crippen LogP contribution in [0.1, 0.15) is 29.6 Å². The van der Waals surface area contributed by atoms with E-state index < -0.39 is 12.0 Å². The topological polar surface area (TPSA) is 101 Å². The lowest BCUT2D eigenvalue weighted by atomic mass is 10.0. The van der Waals surface area contributed by atoms with Crippen molar-refractivity contribution in [1.29, 1.82) is 0 Å². The van der Waals surface area contributed by atoms with Crippen molar-refractivity contribution in [3.63, 3.8) is 0 Å². The van der Waals surface area contributed by atoms with Gasteiger partial charge in [-0.1, -0.05) is 6.07 Å². The van der Waals surface area contributed by atoms with Gasteiger partial charge in [0.2, 0.25) is 0 Å². The summed E-state index contributed by atoms with van der Waals surface area (Å²) in [6.07, 6.45) is 3.58. The molecule has 0 saturated carbocycles. The average molecular weight is 301 g/mol. The highest BCUT2D eigenvalue weighted by Crippen LogP contribution is 2.21. The van der Waals surface area contributed by atoms with Gasteiger partial charge in [-0.15, -0.1) is 5.10 Å². The summed E-state index contributed by atoms with van der Waals surface area (Å²) in [6, 6.07) is 6.08. The van der Waals surface area contributed by atoms with Crippen molar-refractivity contribution >= 4 is 11.9 Å².